The summed E-state index contributed by atoms with van der Waals surface area (Å²) in [6.45, 7) is 3.06. The molecule has 1 aromatic heterocycles. The average molecular weight is 335 g/mol. The molecular weight excluding hydrogens is 314 g/mol. The molecule has 7 heteroatoms. The van der Waals surface area contributed by atoms with Gasteiger partial charge in [0, 0.05) is 19.3 Å². The summed E-state index contributed by atoms with van der Waals surface area (Å²) in [5.41, 5.74) is 3.51. The van der Waals surface area contributed by atoms with E-state index in [1.165, 1.54) is 23.5 Å². The quantitative estimate of drug-likeness (QED) is 0.874. The first-order valence-corrected chi connectivity index (χ1v) is 9.11. The minimum absolute atomic E-state index is 0.169. The van der Waals surface area contributed by atoms with Crippen LogP contribution in [0.2, 0.25) is 0 Å². The van der Waals surface area contributed by atoms with Crippen molar-refractivity contribution in [3.05, 3.63) is 47.3 Å². The Kier molecular flexibility index (Phi) is 4.52. The number of fused-ring (bicyclic) bond motifs is 1. The number of aromatic nitrogens is 2. The first kappa shape index (κ1) is 16.2. The van der Waals surface area contributed by atoms with E-state index in [1.807, 2.05) is 19.1 Å². The third-order valence-corrected chi connectivity index (χ3v) is 5.54. The van der Waals surface area contributed by atoms with Gasteiger partial charge in [0.25, 0.3) is 0 Å². The lowest BCUT2D eigenvalue weighted by molar-refractivity contribution is 0.183. The van der Waals surface area contributed by atoms with Gasteiger partial charge in [0.2, 0.25) is 10.0 Å². The SMILES string of the molecule is COCCn1cc(S(=O)(=O)NC2CCc3cc(C)ccc32)cn1. The van der Waals surface area contributed by atoms with Gasteiger partial charge >= 0.3 is 0 Å². The molecule has 1 aliphatic rings. The number of aryl methyl sites for hydroxylation is 2. The molecule has 0 saturated carbocycles. The molecular formula is C16H21N3O3S. The van der Waals surface area contributed by atoms with E-state index in [1.54, 1.807) is 11.8 Å². The fourth-order valence-corrected chi connectivity index (χ4v) is 4.12. The van der Waals surface area contributed by atoms with Crippen LogP contribution in [0.4, 0.5) is 0 Å². The number of rotatable bonds is 6. The predicted molar refractivity (Wildman–Crippen MR) is 86.7 cm³/mol. The van der Waals surface area contributed by atoms with Crippen molar-refractivity contribution in [2.45, 2.75) is 37.2 Å². The molecule has 0 saturated heterocycles. The maximum absolute atomic E-state index is 12.6. The number of methoxy groups -OCH3 is 1. The Morgan fingerprint density at radius 1 is 1.43 bits per heavy atom. The number of ether oxygens (including phenoxy) is 1. The van der Waals surface area contributed by atoms with Gasteiger partial charge < -0.3 is 4.74 Å². The summed E-state index contributed by atoms with van der Waals surface area (Å²) in [4.78, 5) is 0.189. The van der Waals surface area contributed by atoms with Gasteiger partial charge in [-0.15, -0.1) is 0 Å². The Labute approximate surface area is 136 Å². The van der Waals surface area contributed by atoms with Gasteiger partial charge in [-0.05, 0) is 30.9 Å². The third kappa shape index (κ3) is 3.46. The fourth-order valence-electron chi connectivity index (χ4n) is 2.91. The normalized spacial score (nSPS) is 17.4. The molecule has 1 aliphatic carbocycles. The molecule has 1 aromatic carbocycles. The van der Waals surface area contributed by atoms with E-state index < -0.39 is 10.0 Å². The van der Waals surface area contributed by atoms with Gasteiger partial charge in [-0.3, -0.25) is 4.68 Å². The summed E-state index contributed by atoms with van der Waals surface area (Å²) < 4.78 is 34.5. The fraction of sp³-hybridized carbons (Fsp3) is 0.438. The molecule has 1 heterocycles. The molecule has 3 rings (SSSR count). The van der Waals surface area contributed by atoms with Crippen molar-refractivity contribution in [2.75, 3.05) is 13.7 Å². The van der Waals surface area contributed by atoms with E-state index in [9.17, 15) is 8.42 Å². The van der Waals surface area contributed by atoms with Crippen molar-refractivity contribution in [3.63, 3.8) is 0 Å². The number of benzene rings is 1. The van der Waals surface area contributed by atoms with Gasteiger partial charge in [-0.2, -0.15) is 5.10 Å². The van der Waals surface area contributed by atoms with Crippen LogP contribution in [0.15, 0.2) is 35.5 Å². The van der Waals surface area contributed by atoms with Crippen molar-refractivity contribution in [1.29, 1.82) is 0 Å². The van der Waals surface area contributed by atoms with Crippen molar-refractivity contribution < 1.29 is 13.2 Å². The molecule has 0 radical (unpaired) electrons. The lowest BCUT2D eigenvalue weighted by Gasteiger charge is -2.13. The number of sulfonamides is 1. The van der Waals surface area contributed by atoms with Crippen LogP contribution >= 0.6 is 0 Å². The molecule has 23 heavy (non-hydrogen) atoms. The summed E-state index contributed by atoms with van der Waals surface area (Å²) in [6.07, 6.45) is 4.60. The first-order valence-electron chi connectivity index (χ1n) is 7.63. The van der Waals surface area contributed by atoms with E-state index in [0.29, 0.717) is 13.2 Å². The topological polar surface area (TPSA) is 73.2 Å². The van der Waals surface area contributed by atoms with E-state index in [-0.39, 0.29) is 10.9 Å². The second-order valence-electron chi connectivity index (χ2n) is 5.85. The first-order chi connectivity index (χ1) is 11.0. The van der Waals surface area contributed by atoms with E-state index in [2.05, 4.69) is 15.9 Å². The summed E-state index contributed by atoms with van der Waals surface area (Å²) in [7, 11) is -1.98. The zero-order chi connectivity index (χ0) is 16.4. The Bertz CT molecular complexity index is 799. The van der Waals surface area contributed by atoms with Crippen molar-refractivity contribution in [3.8, 4) is 0 Å². The molecule has 1 atom stereocenters. The maximum Gasteiger partial charge on any atom is 0.244 e. The summed E-state index contributed by atoms with van der Waals surface area (Å²) >= 11 is 0. The highest BCUT2D eigenvalue weighted by Crippen LogP contribution is 2.32. The summed E-state index contributed by atoms with van der Waals surface area (Å²) in [5.74, 6) is 0. The largest absolute Gasteiger partial charge is 0.383 e. The number of nitrogens with one attached hydrogen (secondary N) is 1. The predicted octanol–water partition coefficient (Wildman–Crippen LogP) is 1.80. The minimum atomic E-state index is -3.57. The van der Waals surface area contributed by atoms with Crippen molar-refractivity contribution >= 4 is 10.0 Å². The van der Waals surface area contributed by atoms with E-state index in [0.717, 1.165) is 18.4 Å². The molecule has 0 fully saturated rings. The molecule has 6 nitrogen and oxygen atoms in total. The van der Waals surface area contributed by atoms with Crippen LogP contribution in [-0.2, 0) is 27.7 Å². The minimum Gasteiger partial charge on any atom is -0.383 e. The summed E-state index contributed by atoms with van der Waals surface area (Å²) in [5, 5.41) is 4.07. The summed E-state index contributed by atoms with van der Waals surface area (Å²) in [6, 6.07) is 6.01. The van der Waals surface area contributed by atoms with Crippen LogP contribution in [0, 0.1) is 6.92 Å². The number of hydrogen-bond acceptors (Lipinski definition) is 4. The Morgan fingerprint density at radius 2 is 2.26 bits per heavy atom. The lowest BCUT2D eigenvalue weighted by Crippen LogP contribution is -2.27. The maximum atomic E-state index is 12.6. The molecule has 0 aliphatic heterocycles. The highest BCUT2D eigenvalue weighted by molar-refractivity contribution is 7.89. The molecule has 1 unspecified atom stereocenters. The van der Waals surface area contributed by atoms with Gasteiger partial charge in [-0.1, -0.05) is 23.8 Å². The van der Waals surface area contributed by atoms with Crippen molar-refractivity contribution in [2.24, 2.45) is 0 Å². The van der Waals surface area contributed by atoms with Gasteiger partial charge in [0.1, 0.15) is 4.90 Å². The van der Waals surface area contributed by atoms with Gasteiger partial charge in [0.15, 0.2) is 0 Å². The Morgan fingerprint density at radius 3 is 3.04 bits per heavy atom. The van der Waals surface area contributed by atoms with Crippen LogP contribution in [0.25, 0.3) is 0 Å². The average Bonchev–Trinajstić information content (AvgIpc) is 3.12. The zero-order valence-electron chi connectivity index (χ0n) is 13.3. The number of nitrogens with zero attached hydrogens (tertiary/aromatic N) is 2. The Balaban J connectivity index is 1.76. The molecule has 124 valence electrons. The molecule has 2 aromatic rings. The standard InChI is InChI=1S/C16H21N3O3S/c1-12-3-5-15-13(9-12)4-6-16(15)18-23(20,21)14-10-17-19(11-14)7-8-22-2/h3,5,9-11,16,18H,4,6-8H2,1-2H3. The highest BCUT2D eigenvalue weighted by Gasteiger charge is 2.28. The second kappa shape index (κ2) is 6.43. The van der Waals surface area contributed by atoms with Gasteiger partial charge in [0.05, 0.1) is 19.3 Å². The van der Waals surface area contributed by atoms with Gasteiger partial charge in [-0.25, -0.2) is 13.1 Å². The third-order valence-electron chi connectivity index (χ3n) is 4.12. The lowest BCUT2D eigenvalue weighted by atomic mass is 10.1. The molecule has 0 spiro atoms. The second-order valence-corrected chi connectivity index (χ2v) is 7.56. The van der Waals surface area contributed by atoms with Crippen LogP contribution in [-0.4, -0.2) is 31.9 Å². The zero-order valence-corrected chi connectivity index (χ0v) is 14.1. The monoisotopic (exact) mass is 335 g/mol. The molecule has 1 N–H and O–H groups in total. The molecule has 0 amide bonds. The van der Waals surface area contributed by atoms with Crippen LogP contribution in [0.5, 0.6) is 0 Å². The van der Waals surface area contributed by atoms with Crippen LogP contribution in [0.1, 0.15) is 29.2 Å². The smallest absolute Gasteiger partial charge is 0.244 e. The highest BCUT2D eigenvalue weighted by atomic mass is 32.2. The molecule has 0 bridgehead atoms. The van der Waals surface area contributed by atoms with E-state index >= 15 is 0 Å². The van der Waals surface area contributed by atoms with Crippen LogP contribution < -0.4 is 4.72 Å². The van der Waals surface area contributed by atoms with Crippen molar-refractivity contribution in [1.82, 2.24) is 14.5 Å². The Hall–Kier alpha value is -1.70. The van der Waals surface area contributed by atoms with E-state index in [4.69, 9.17) is 4.74 Å². The number of hydrogen-bond donors (Lipinski definition) is 1. The van der Waals surface area contributed by atoms with Crippen LogP contribution in [0.3, 0.4) is 0 Å².